The Kier molecular flexibility index (Phi) is 4.72. The first-order valence-corrected chi connectivity index (χ1v) is 10.1. The summed E-state index contributed by atoms with van der Waals surface area (Å²) in [5.41, 5.74) is 0.632. The molecule has 2 saturated heterocycles. The number of aromatic nitrogens is 1. The average Bonchev–Trinajstić information content (AvgIpc) is 3.02. The van der Waals surface area contributed by atoms with Crippen LogP contribution in [0.25, 0.3) is 0 Å². The number of rotatable bonds is 5. The molecule has 2 unspecified atom stereocenters. The number of hydrogen-bond donors (Lipinski definition) is 1. The lowest BCUT2D eigenvalue weighted by Crippen LogP contribution is -2.43. The van der Waals surface area contributed by atoms with Gasteiger partial charge in [-0.3, -0.25) is 4.90 Å². The molecule has 4 nitrogen and oxygen atoms in total. The molecule has 128 valence electrons. The Morgan fingerprint density at radius 1 is 1.43 bits per heavy atom. The second kappa shape index (κ2) is 6.79. The highest BCUT2D eigenvalue weighted by atomic mass is 32.1. The van der Waals surface area contributed by atoms with Gasteiger partial charge in [-0.1, -0.05) is 0 Å². The minimum Gasteiger partial charge on any atom is -0.316 e. The van der Waals surface area contributed by atoms with Crippen molar-refractivity contribution in [3.63, 3.8) is 0 Å². The van der Waals surface area contributed by atoms with E-state index < -0.39 is 0 Å². The van der Waals surface area contributed by atoms with E-state index in [-0.39, 0.29) is 0 Å². The van der Waals surface area contributed by atoms with Gasteiger partial charge in [-0.25, -0.2) is 4.98 Å². The van der Waals surface area contributed by atoms with Crippen LogP contribution in [0, 0.1) is 11.3 Å². The van der Waals surface area contributed by atoms with Crippen LogP contribution < -0.4 is 5.32 Å². The molecule has 1 spiro atoms. The largest absolute Gasteiger partial charge is 0.316 e. The number of nitrogens with zero attached hydrogens (tertiary/aromatic N) is 3. The van der Waals surface area contributed by atoms with Crippen LogP contribution in [0.1, 0.15) is 37.1 Å². The lowest BCUT2D eigenvalue weighted by Gasteiger charge is -2.37. The van der Waals surface area contributed by atoms with Crippen molar-refractivity contribution < 1.29 is 0 Å². The van der Waals surface area contributed by atoms with E-state index in [0.29, 0.717) is 5.41 Å². The molecule has 2 atom stereocenters. The highest BCUT2D eigenvalue weighted by molar-refractivity contribution is 7.09. The van der Waals surface area contributed by atoms with E-state index in [0.717, 1.165) is 18.5 Å². The molecule has 0 bridgehead atoms. The van der Waals surface area contributed by atoms with E-state index in [1.807, 2.05) is 6.20 Å². The van der Waals surface area contributed by atoms with Gasteiger partial charge in [-0.05, 0) is 76.7 Å². The smallest absolute Gasteiger partial charge is 0.107 e. The van der Waals surface area contributed by atoms with E-state index in [4.69, 9.17) is 0 Å². The predicted molar refractivity (Wildman–Crippen MR) is 95.7 cm³/mol. The summed E-state index contributed by atoms with van der Waals surface area (Å²) < 4.78 is 0. The lowest BCUT2D eigenvalue weighted by molar-refractivity contribution is 0.123. The summed E-state index contributed by atoms with van der Waals surface area (Å²) >= 11 is 1.78. The standard InChI is InChI=1S/C18H30N4S/c1-21(14-17-20-7-10-23-17)16-11-18(16)4-8-22(9-5-18)13-15-3-2-6-19-12-15/h7,10,15-16,19H,2-6,8-9,11-14H2,1H3. The minimum atomic E-state index is 0.632. The van der Waals surface area contributed by atoms with E-state index in [9.17, 15) is 0 Å². The van der Waals surface area contributed by atoms with Crippen molar-refractivity contribution in [1.29, 1.82) is 0 Å². The summed E-state index contributed by atoms with van der Waals surface area (Å²) in [5, 5.41) is 6.91. The Labute approximate surface area is 144 Å². The summed E-state index contributed by atoms with van der Waals surface area (Å²) in [6.07, 6.45) is 8.93. The van der Waals surface area contributed by atoms with Gasteiger partial charge in [0.25, 0.3) is 0 Å². The Hall–Kier alpha value is -0.490. The molecule has 23 heavy (non-hydrogen) atoms. The zero-order chi connectivity index (χ0) is 15.7. The molecule has 1 aliphatic carbocycles. The predicted octanol–water partition coefficient (Wildman–Crippen LogP) is 2.43. The normalized spacial score (nSPS) is 30.9. The molecule has 4 rings (SSSR count). The molecule has 3 heterocycles. The molecule has 5 heteroatoms. The third kappa shape index (κ3) is 3.63. The summed E-state index contributed by atoms with van der Waals surface area (Å²) in [4.78, 5) is 9.73. The van der Waals surface area contributed by atoms with Crippen LogP contribution in [0.3, 0.4) is 0 Å². The van der Waals surface area contributed by atoms with Crippen molar-refractivity contribution in [1.82, 2.24) is 20.1 Å². The topological polar surface area (TPSA) is 31.4 Å². The van der Waals surface area contributed by atoms with Gasteiger partial charge >= 0.3 is 0 Å². The molecule has 3 fully saturated rings. The Bertz CT molecular complexity index is 489. The second-order valence-electron chi connectivity index (χ2n) is 7.94. The minimum absolute atomic E-state index is 0.632. The van der Waals surface area contributed by atoms with E-state index >= 15 is 0 Å². The van der Waals surface area contributed by atoms with Gasteiger partial charge in [-0.2, -0.15) is 0 Å². The van der Waals surface area contributed by atoms with Gasteiger partial charge in [0, 0.05) is 24.2 Å². The van der Waals surface area contributed by atoms with Crippen LogP contribution in [-0.2, 0) is 6.54 Å². The zero-order valence-corrected chi connectivity index (χ0v) is 15.2. The summed E-state index contributed by atoms with van der Waals surface area (Å²) in [6, 6.07) is 0.796. The van der Waals surface area contributed by atoms with Crippen LogP contribution in [-0.4, -0.2) is 60.6 Å². The van der Waals surface area contributed by atoms with E-state index in [1.54, 1.807) is 11.3 Å². The number of nitrogens with one attached hydrogen (secondary N) is 1. The van der Waals surface area contributed by atoms with Crippen molar-refractivity contribution in [2.24, 2.45) is 11.3 Å². The van der Waals surface area contributed by atoms with Gasteiger partial charge in [-0.15, -0.1) is 11.3 Å². The Morgan fingerprint density at radius 2 is 2.30 bits per heavy atom. The Morgan fingerprint density at radius 3 is 3.00 bits per heavy atom. The van der Waals surface area contributed by atoms with Crippen molar-refractivity contribution in [3.8, 4) is 0 Å². The number of hydrogen-bond acceptors (Lipinski definition) is 5. The van der Waals surface area contributed by atoms with Gasteiger partial charge in [0.2, 0.25) is 0 Å². The maximum atomic E-state index is 4.44. The van der Waals surface area contributed by atoms with E-state index in [1.165, 1.54) is 69.8 Å². The van der Waals surface area contributed by atoms with Crippen molar-refractivity contribution in [2.45, 2.75) is 44.7 Å². The molecular weight excluding hydrogens is 304 g/mol. The van der Waals surface area contributed by atoms with Gasteiger partial charge in [0.1, 0.15) is 5.01 Å². The molecule has 2 aliphatic heterocycles. The molecule has 0 aromatic carbocycles. The molecule has 1 saturated carbocycles. The SMILES string of the molecule is CN(Cc1nccs1)C1CC12CCN(CC1CCCNC1)CC2. The molecule has 1 N–H and O–H groups in total. The third-order valence-electron chi connectivity index (χ3n) is 6.31. The van der Waals surface area contributed by atoms with Gasteiger partial charge in [0.05, 0.1) is 6.54 Å². The second-order valence-corrected chi connectivity index (χ2v) is 8.92. The fourth-order valence-electron chi connectivity index (χ4n) is 4.77. The molecule has 1 aromatic heterocycles. The highest BCUT2D eigenvalue weighted by Gasteiger charge is 2.56. The van der Waals surface area contributed by atoms with Gasteiger partial charge < -0.3 is 10.2 Å². The number of thiazole rings is 1. The summed E-state index contributed by atoms with van der Waals surface area (Å²) in [7, 11) is 2.29. The first-order chi connectivity index (χ1) is 11.3. The molecule has 1 aromatic rings. The fraction of sp³-hybridized carbons (Fsp3) is 0.833. The lowest BCUT2D eigenvalue weighted by atomic mass is 9.91. The molecule has 3 aliphatic rings. The van der Waals surface area contributed by atoms with Crippen molar-refractivity contribution >= 4 is 11.3 Å². The summed E-state index contributed by atoms with van der Waals surface area (Å²) in [6.45, 7) is 7.45. The van der Waals surface area contributed by atoms with Crippen LogP contribution in [0.4, 0.5) is 0 Å². The highest BCUT2D eigenvalue weighted by Crippen LogP contribution is 2.56. The van der Waals surface area contributed by atoms with Crippen molar-refractivity contribution in [3.05, 3.63) is 16.6 Å². The fourth-order valence-corrected chi connectivity index (χ4v) is 5.45. The molecule has 0 amide bonds. The number of likely N-dealkylation sites (tertiary alicyclic amines) is 1. The first kappa shape index (κ1) is 16.0. The van der Waals surface area contributed by atoms with Crippen LogP contribution in [0.2, 0.25) is 0 Å². The van der Waals surface area contributed by atoms with Crippen molar-refractivity contribution in [2.75, 3.05) is 39.8 Å². The Balaban J connectivity index is 1.23. The average molecular weight is 335 g/mol. The quantitative estimate of drug-likeness (QED) is 0.896. The molecular formula is C18H30N4S. The number of piperidine rings is 2. The molecule has 0 radical (unpaired) electrons. The maximum absolute atomic E-state index is 4.44. The van der Waals surface area contributed by atoms with E-state index in [2.05, 4.69) is 32.5 Å². The summed E-state index contributed by atoms with van der Waals surface area (Å²) in [5.74, 6) is 0.889. The van der Waals surface area contributed by atoms with Gasteiger partial charge in [0.15, 0.2) is 0 Å². The maximum Gasteiger partial charge on any atom is 0.107 e. The van der Waals surface area contributed by atoms with Crippen LogP contribution >= 0.6 is 11.3 Å². The zero-order valence-electron chi connectivity index (χ0n) is 14.3. The monoisotopic (exact) mass is 334 g/mol. The van der Waals surface area contributed by atoms with Crippen LogP contribution in [0.5, 0.6) is 0 Å². The first-order valence-electron chi connectivity index (χ1n) is 9.27. The third-order valence-corrected chi connectivity index (χ3v) is 7.08. The van der Waals surface area contributed by atoms with Crippen LogP contribution in [0.15, 0.2) is 11.6 Å².